The summed E-state index contributed by atoms with van der Waals surface area (Å²) in [6, 6.07) is -0.223. The van der Waals surface area contributed by atoms with Gasteiger partial charge in [-0.3, -0.25) is 0 Å². The molecule has 0 spiro atoms. The summed E-state index contributed by atoms with van der Waals surface area (Å²) in [5, 5.41) is 14.0. The summed E-state index contributed by atoms with van der Waals surface area (Å²) in [5.41, 5.74) is 0. The van der Waals surface area contributed by atoms with Gasteiger partial charge in [-0.05, 0) is 12.8 Å². The number of methoxy groups -OCH3 is 1. The Hall–Kier alpha value is -1.30. The van der Waals surface area contributed by atoms with Gasteiger partial charge in [0.1, 0.15) is 0 Å². The van der Waals surface area contributed by atoms with Crippen LogP contribution in [0.1, 0.15) is 33.1 Å². The highest BCUT2D eigenvalue weighted by Crippen LogP contribution is 2.00. The quantitative estimate of drug-likeness (QED) is 0.595. The normalized spacial score (nSPS) is 13.8. The Morgan fingerprint density at radius 3 is 2.41 bits per heavy atom. The molecule has 17 heavy (non-hydrogen) atoms. The van der Waals surface area contributed by atoms with Crippen molar-refractivity contribution in [2.45, 2.75) is 45.3 Å². The maximum atomic E-state index is 11.5. The maximum absolute atomic E-state index is 11.5. The molecule has 0 saturated carbocycles. The first-order valence-corrected chi connectivity index (χ1v) is 5.85. The van der Waals surface area contributed by atoms with Crippen LogP contribution in [0.15, 0.2) is 0 Å². The Bertz CT molecular complexity index is 246. The number of urea groups is 1. The van der Waals surface area contributed by atoms with Crippen molar-refractivity contribution in [3.8, 4) is 0 Å². The lowest BCUT2D eigenvalue weighted by Crippen LogP contribution is -2.46. The highest BCUT2D eigenvalue weighted by molar-refractivity contribution is 5.77. The third-order valence-electron chi connectivity index (χ3n) is 2.47. The minimum Gasteiger partial charge on any atom is -0.479 e. The summed E-state index contributed by atoms with van der Waals surface area (Å²) in [6.45, 7) is 4.00. The molecular weight excluding hydrogens is 224 g/mol. The Labute approximate surface area is 102 Å². The third kappa shape index (κ3) is 6.78. The van der Waals surface area contributed by atoms with E-state index in [4.69, 9.17) is 9.84 Å². The Kier molecular flexibility index (Phi) is 8.13. The molecule has 0 aromatic carbocycles. The van der Waals surface area contributed by atoms with Crippen molar-refractivity contribution in [2.75, 3.05) is 13.7 Å². The summed E-state index contributed by atoms with van der Waals surface area (Å²) in [4.78, 5) is 22.1. The summed E-state index contributed by atoms with van der Waals surface area (Å²) >= 11 is 0. The van der Waals surface area contributed by atoms with Gasteiger partial charge in [0.15, 0.2) is 6.10 Å². The molecule has 0 aliphatic carbocycles. The monoisotopic (exact) mass is 246 g/mol. The summed E-state index contributed by atoms with van der Waals surface area (Å²) in [5.74, 6) is -1.09. The molecule has 0 radical (unpaired) electrons. The number of carbonyl (C=O) groups excluding carboxylic acids is 1. The summed E-state index contributed by atoms with van der Waals surface area (Å²) in [7, 11) is 1.30. The van der Waals surface area contributed by atoms with Gasteiger partial charge in [-0.15, -0.1) is 0 Å². The number of rotatable bonds is 8. The van der Waals surface area contributed by atoms with E-state index >= 15 is 0 Å². The fraction of sp³-hybridized carbons (Fsp3) is 0.818. The van der Waals surface area contributed by atoms with Crippen molar-refractivity contribution in [1.82, 2.24) is 10.6 Å². The average molecular weight is 246 g/mol. The molecule has 0 aliphatic rings. The minimum absolute atomic E-state index is 0.0414. The zero-order valence-corrected chi connectivity index (χ0v) is 10.7. The second-order valence-electron chi connectivity index (χ2n) is 3.81. The smallest absolute Gasteiger partial charge is 0.334 e. The molecule has 3 N–H and O–H groups in total. The minimum atomic E-state index is -1.09. The van der Waals surface area contributed by atoms with Crippen molar-refractivity contribution in [1.29, 1.82) is 0 Å². The Morgan fingerprint density at radius 1 is 1.35 bits per heavy atom. The maximum Gasteiger partial charge on any atom is 0.334 e. The van der Waals surface area contributed by atoms with Crippen LogP contribution in [0.3, 0.4) is 0 Å². The van der Waals surface area contributed by atoms with Gasteiger partial charge in [-0.2, -0.15) is 0 Å². The first kappa shape index (κ1) is 15.7. The molecule has 2 unspecified atom stereocenters. The second kappa shape index (κ2) is 8.81. The Balaban J connectivity index is 3.96. The molecule has 0 aromatic heterocycles. The standard InChI is InChI=1S/C11H22N2O4/c1-4-6-8(5-2)13-11(16)12-7-9(17-3)10(14)15/h8-9H,4-7H2,1-3H3,(H,14,15)(H2,12,13,16). The van der Waals surface area contributed by atoms with Crippen LogP contribution in [0.25, 0.3) is 0 Å². The van der Waals surface area contributed by atoms with E-state index in [-0.39, 0.29) is 18.6 Å². The predicted octanol–water partition coefficient (Wildman–Crippen LogP) is 0.964. The number of nitrogens with one attached hydrogen (secondary N) is 2. The third-order valence-corrected chi connectivity index (χ3v) is 2.47. The van der Waals surface area contributed by atoms with Crippen molar-refractivity contribution >= 4 is 12.0 Å². The van der Waals surface area contributed by atoms with Crippen molar-refractivity contribution in [2.24, 2.45) is 0 Å². The van der Waals surface area contributed by atoms with Crippen LogP contribution in [0.4, 0.5) is 4.79 Å². The lowest BCUT2D eigenvalue weighted by Gasteiger charge is -2.17. The lowest BCUT2D eigenvalue weighted by atomic mass is 10.1. The fourth-order valence-electron chi connectivity index (χ4n) is 1.42. The molecule has 2 amide bonds. The van der Waals surface area contributed by atoms with Crippen molar-refractivity contribution in [3.63, 3.8) is 0 Å². The van der Waals surface area contributed by atoms with Crippen LogP contribution >= 0.6 is 0 Å². The zero-order valence-electron chi connectivity index (χ0n) is 10.7. The SMILES string of the molecule is CCCC(CC)NC(=O)NCC(OC)C(=O)O. The van der Waals surface area contributed by atoms with Gasteiger partial charge in [0, 0.05) is 13.2 Å². The van der Waals surface area contributed by atoms with Crippen LogP contribution in [-0.4, -0.2) is 42.9 Å². The Morgan fingerprint density at radius 2 is 2.00 bits per heavy atom. The zero-order chi connectivity index (χ0) is 13.3. The lowest BCUT2D eigenvalue weighted by molar-refractivity contribution is -0.147. The van der Waals surface area contributed by atoms with Gasteiger partial charge < -0.3 is 20.5 Å². The molecular formula is C11H22N2O4. The van der Waals surface area contributed by atoms with E-state index in [9.17, 15) is 9.59 Å². The van der Waals surface area contributed by atoms with Gasteiger partial charge in [-0.1, -0.05) is 20.3 Å². The predicted molar refractivity (Wildman–Crippen MR) is 64.0 cm³/mol. The summed E-state index contributed by atoms with van der Waals surface area (Å²) < 4.78 is 4.70. The average Bonchev–Trinajstić information content (AvgIpc) is 2.28. The number of hydrogen-bond donors (Lipinski definition) is 3. The van der Waals surface area contributed by atoms with E-state index < -0.39 is 12.1 Å². The highest BCUT2D eigenvalue weighted by atomic mass is 16.5. The second-order valence-corrected chi connectivity index (χ2v) is 3.81. The van der Waals surface area contributed by atoms with Gasteiger partial charge in [-0.25, -0.2) is 9.59 Å². The summed E-state index contributed by atoms with van der Waals surface area (Å²) in [6.07, 6.45) is 1.76. The number of carbonyl (C=O) groups is 2. The highest BCUT2D eigenvalue weighted by Gasteiger charge is 2.17. The molecule has 0 bridgehead atoms. The van der Waals surface area contributed by atoms with Gasteiger partial charge in [0.05, 0.1) is 6.54 Å². The van der Waals surface area contributed by atoms with Crippen LogP contribution in [0, 0.1) is 0 Å². The van der Waals surface area contributed by atoms with Crippen LogP contribution in [0.5, 0.6) is 0 Å². The first-order valence-electron chi connectivity index (χ1n) is 5.85. The molecule has 100 valence electrons. The van der Waals surface area contributed by atoms with Gasteiger partial charge in [0.2, 0.25) is 0 Å². The molecule has 2 atom stereocenters. The van der Waals surface area contributed by atoms with Gasteiger partial charge >= 0.3 is 12.0 Å². The number of amides is 2. The molecule has 0 saturated heterocycles. The molecule has 0 aliphatic heterocycles. The van der Waals surface area contributed by atoms with E-state index in [2.05, 4.69) is 10.6 Å². The van der Waals surface area contributed by atoms with E-state index in [1.165, 1.54) is 7.11 Å². The largest absolute Gasteiger partial charge is 0.479 e. The van der Waals surface area contributed by atoms with Crippen LogP contribution < -0.4 is 10.6 Å². The van der Waals surface area contributed by atoms with Crippen molar-refractivity contribution in [3.05, 3.63) is 0 Å². The van der Waals surface area contributed by atoms with Crippen LogP contribution in [0.2, 0.25) is 0 Å². The molecule has 6 nitrogen and oxygen atoms in total. The number of hydrogen-bond acceptors (Lipinski definition) is 3. The van der Waals surface area contributed by atoms with Gasteiger partial charge in [0.25, 0.3) is 0 Å². The fourth-order valence-corrected chi connectivity index (χ4v) is 1.42. The molecule has 6 heteroatoms. The van der Waals surface area contributed by atoms with Crippen LogP contribution in [-0.2, 0) is 9.53 Å². The molecule has 0 heterocycles. The van der Waals surface area contributed by atoms with E-state index in [1.54, 1.807) is 0 Å². The molecule has 0 aromatic rings. The number of aliphatic carboxylic acids is 1. The van der Waals surface area contributed by atoms with E-state index in [0.717, 1.165) is 19.3 Å². The van der Waals surface area contributed by atoms with E-state index in [1.807, 2.05) is 13.8 Å². The number of carboxylic acid groups (broad SMARTS) is 1. The molecule has 0 fully saturated rings. The number of ether oxygens (including phenoxy) is 1. The van der Waals surface area contributed by atoms with E-state index in [0.29, 0.717) is 0 Å². The molecule has 0 rings (SSSR count). The number of carboxylic acids is 1. The van der Waals surface area contributed by atoms with Crippen molar-refractivity contribution < 1.29 is 19.4 Å². The first-order chi connectivity index (χ1) is 8.04. The topological polar surface area (TPSA) is 87.7 Å².